The Morgan fingerprint density at radius 3 is 2.31 bits per heavy atom. The summed E-state index contributed by atoms with van der Waals surface area (Å²) in [4.78, 5) is 12.1. The highest BCUT2D eigenvalue weighted by molar-refractivity contribution is 5.71. The minimum atomic E-state index is -0.303. The second kappa shape index (κ2) is 8.02. The van der Waals surface area contributed by atoms with Crippen LogP contribution in [0.4, 0.5) is 27.4 Å². The Kier molecular flexibility index (Phi) is 5.11. The number of rotatable bonds is 6. The summed E-state index contributed by atoms with van der Waals surface area (Å²) in [6, 6.07) is 17.6. The van der Waals surface area contributed by atoms with E-state index in [1.165, 1.54) is 12.1 Å². The molecular formula is C22H20FN5O. The van der Waals surface area contributed by atoms with Crippen LogP contribution in [0.3, 0.4) is 0 Å². The maximum Gasteiger partial charge on any atom is 0.141 e. The first-order valence-electron chi connectivity index (χ1n) is 9.07. The molecular weight excluding hydrogens is 369 g/mol. The van der Waals surface area contributed by atoms with Crippen LogP contribution in [0.5, 0.6) is 5.75 Å². The summed E-state index contributed by atoms with van der Waals surface area (Å²) < 4.78 is 18.9. The Hall–Kier alpha value is -3.87. The van der Waals surface area contributed by atoms with Crippen molar-refractivity contribution in [3.05, 3.63) is 78.4 Å². The molecule has 4 aromatic rings. The first-order chi connectivity index (χ1) is 14.1. The first kappa shape index (κ1) is 18.5. The topological polar surface area (TPSA) is 74.9 Å². The van der Waals surface area contributed by atoms with Crippen LogP contribution < -0.4 is 15.4 Å². The van der Waals surface area contributed by atoms with Gasteiger partial charge in [0.05, 0.1) is 12.7 Å². The number of imidazole rings is 1. The van der Waals surface area contributed by atoms with E-state index >= 15 is 0 Å². The van der Waals surface area contributed by atoms with Crippen LogP contribution >= 0.6 is 0 Å². The number of hydrogen-bond donors (Lipinski definition) is 3. The van der Waals surface area contributed by atoms with Crippen molar-refractivity contribution in [2.24, 2.45) is 0 Å². The second-order valence-corrected chi connectivity index (χ2v) is 6.50. The molecule has 0 bridgehead atoms. The van der Waals surface area contributed by atoms with E-state index in [0.717, 1.165) is 22.8 Å². The highest BCUT2D eigenvalue weighted by Crippen LogP contribution is 2.31. The fourth-order valence-corrected chi connectivity index (χ4v) is 2.95. The van der Waals surface area contributed by atoms with Gasteiger partial charge in [-0.05, 0) is 49.4 Å². The summed E-state index contributed by atoms with van der Waals surface area (Å²) >= 11 is 0. The molecule has 0 atom stereocenters. The van der Waals surface area contributed by atoms with E-state index in [2.05, 4.69) is 25.6 Å². The zero-order valence-electron chi connectivity index (χ0n) is 16.0. The maximum absolute atomic E-state index is 13.4. The van der Waals surface area contributed by atoms with E-state index in [-0.39, 0.29) is 5.82 Å². The number of aromatic amines is 1. The van der Waals surface area contributed by atoms with Crippen LogP contribution in [0.25, 0.3) is 11.4 Å². The van der Waals surface area contributed by atoms with Crippen molar-refractivity contribution in [1.82, 2.24) is 15.0 Å². The Labute approximate surface area is 167 Å². The standard InChI is InChI=1S/C22H20FN5O/c1-14-13-24-22(25-14)18-10-9-17(12-19(18)29-2)27-21-8-4-7-20(28-21)26-16-6-3-5-15(23)11-16/h3-13H,1-2H3,(H,24,25)(H2,26,27,28). The van der Waals surface area contributed by atoms with Gasteiger partial charge in [0, 0.05) is 29.3 Å². The van der Waals surface area contributed by atoms with Crippen molar-refractivity contribution >= 4 is 23.0 Å². The van der Waals surface area contributed by atoms with E-state index in [1.807, 2.05) is 43.3 Å². The lowest BCUT2D eigenvalue weighted by Gasteiger charge is -2.12. The van der Waals surface area contributed by atoms with Crippen LogP contribution in [0.1, 0.15) is 5.69 Å². The Morgan fingerprint density at radius 2 is 1.66 bits per heavy atom. The van der Waals surface area contributed by atoms with Gasteiger partial charge in [0.1, 0.15) is 29.0 Å². The van der Waals surface area contributed by atoms with E-state index in [9.17, 15) is 4.39 Å². The summed E-state index contributed by atoms with van der Waals surface area (Å²) in [6.07, 6.45) is 1.78. The van der Waals surface area contributed by atoms with Gasteiger partial charge in [0.25, 0.3) is 0 Å². The van der Waals surface area contributed by atoms with Crippen molar-refractivity contribution in [3.8, 4) is 17.1 Å². The highest BCUT2D eigenvalue weighted by Gasteiger charge is 2.10. The van der Waals surface area contributed by atoms with Crippen molar-refractivity contribution in [3.63, 3.8) is 0 Å². The van der Waals surface area contributed by atoms with Crippen LogP contribution in [-0.2, 0) is 0 Å². The molecule has 2 heterocycles. The third-order valence-corrected chi connectivity index (χ3v) is 4.28. The molecule has 4 rings (SSSR count). The number of hydrogen-bond acceptors (Lipinski definition) is 5. The van der Waals surface area contributed by atoms with E-state index in [1.54, 1.807) is 25.4 Å². The summed E-state index contributed by atoms with van der Waals surface area (Å²) in [5.41, 5.74) is 3.32. The molecule has 146 valence electrons. The van der Waals surface area contributed by atoms with E-state index < -0.39 is 0 Å². The number of methoxy groups -OCH3 is 1. The lowest BCUT2D eigenvalue weighted by molar-refractivity contribution is 0.416. The van der Waals surface area contributed by atoms with E-state index in [4.69, 9.17) is 4.74 Å². The summed E-state index contributed by atoms with van der Waals surface area (Å²) in [6.45, 7) is 1.95. The molecule has 0 aliphatic heterocycles. The van der Waals surface area contributed by atoms with Gasteiger partial charge in [-0.25, -0.2) is 14.4 Å². The van der Waals surface area contributed by atoms with Gasteiger partial charge in [-0.2, -0.15) is 0 Å². The van der Waals surface area contributed by atoms with Crippen LogP contribution in [0, 0.1) is 12.7 Å². The van der Waals surface area contributed by atoms with Gasteiger partial charge in [0.2, 0.25) is 0 Å². The molecule has 0 fully saturated rings. The van der Waals surface area contributed by atoms with Crippen LogP contribution in [0.15, 0.2) is 66.9 Å². The van der Waals surface area contributed by atoms with Gasteiger partial charge in [-0.15, -0.1) is 0 Å². The van der Waals surface area contributed by atoms with Crippen LogP contribution in [0.2, 0.25) is 0 Å². The Balaban J connectivity index is 1.54. The van der Waals surface area contributed by atoms with Crippen LogP contribution in [-0.4, -0.2) is 22.1 Å². The number of ether oxygens (including phenoxy) is 1. The minimum Gasteiger partial charge on any atom is -0.496 e. The molecule has 7 heteroatoms. The molecule has 2 aromatic carbocycles. The molecule has 0 saturated carbocycles. The maximum atomic E-state index is 13.4. The molecule has 6 nitrogen and oxygen atoms in total. The Bertz CT molecular complexity index is 1140. The average Bonchev–Trinajstić information content (AvgIpc) is 3.14. The summed E-state index contributed by atoms with van der Waals surface area (Å²) in [7, 11) is 1.63. The fourth-order valence-electron chi connectivity index (χ4n) is 2.95. The molecule has 0 amide bonds. The van der Waals surface area contributed by atoms with Crippen molar-refractivity contribution in [1.29, 1.82) is 0 Å². The largest absolute Gasteiger partial charge is 0.496 e. The minimum absolute atomic E-state index is 0.303. The van der Waals surface area contributed by atoms with Gasteiger partial charge in [0.15, 0.2) is 0 Å². The molecule has 0 saturated heterocycles. The smallest absolute Gasteiger partial charge is 0.141 e. The number of nitrogens with one attached hydrogen (secondary N) is 3. The number of halogens is 1. The predicted octanol–water partition coefficient (Wildman–Crippen LogP) is 5.42. The van der Waals surface area contributed by atoms with Gasteiger partial charge < -0.3 is 20.4 Å². The normalized spacial score (nSPS) is 10.6. The highest BCUT2D eigenvalue weighted by atomic mass is 19.1. The lowest BCUT2D eigenvalue weighted by atomic mass is 10.1. The molecule has 3 N–H and O–H groups in total. The zero-order chi connectivity index (χ0) is 20.2. The summed E-state index contributed by atoms with van der Waals surface area (Å²) in [5, 5.41) is 6.36. The van der Waals surface area contributed by atoms with Crippen molar-refractivity contribution in [2.75, 3.05) is 17.7 Å². The van der Waals surface area contributed by atoms with E-state index in [0.29, 0.717) is 23.1 Å². The number of aryl methyl sites for hydroxylation is 1. The average molecular weight is 389 g/mol. The number of H-pyrrole nitrogens is 1. The monoisotopic (exact) mass is 389 g/mol. The molecule has 2 aromatic heterocycles. The molecule has 0 spiro atoms. The van der Waals surface area contributed by atoms with Gasteiger partial charge in [-0.3, -0.25) is 0 Å². The number of benzene rings is 2. The van der Waals surface area contributed by atoms with Gasteiger partial charge >= 0.3 is 0 Å². The quantitative estimate of drug-likeness (QED) is 0.411. The molecule has 0 aliphatic carbocycles. The molecule has 0 radical (unpaired) electrons. The second-order valence-electron chi connectivity index (χ2n) is 6.50. The lowest BCUT2D eigenvalue weighted by Crippen LogP contribution is -1.99. The molecule has 0 unspecified atom stereocenters. The Morgan fingerprint density at radius 1 is 0.931 bits per heavy atom. The number of pyridine rings is 1. The molecule has 29 heavy (non-hydrogen) atoms. The first-order valence-corrected chi connectivity index (χ1v) is 9.07. The number of aromatic nitrogens is 3. The predicted molar refractivity (Wildman–Crippen MR) is 113 cm³/mol. The fraction of sp³-hybridized carbons (Fsp3) is 0.0909. The molecule has 0 aliphatic rings. The van der Waals surface area contributed by atoms with Crippen molar-refractivity contribution in [2.45, 2.75) is 6.92 Å². The van der Waals surface area contributed by atoms with Crippen molar-refractivity contribution < 1.29 is 9.13 Å². The summed E-state index contributed by atoms with van der Waals surface area (Å²) in [5.74, 6) is 2.40. The number of anilines is 4. The number of nitrogens with zero attached hydrogens (tertiary/aromatic N) is 2. The zero-order valence-corrected chi connectivity index (χ0v) is 16.0. The van der Waals surface area contributed by atoms with Gasteiger partial charge in [-0.1, -0.05) is 12.1 Å². The third kappa shape index (κ3) is 4.35. The SMILES string of the molecule is COc1cc(Nc2cccc(Nc3cccc(F)c3)n2)ccc1-c1ncc(C)[nH]1. The third-order valence-electron chi connectivity index (χ3n) is 4.28.